The first-order valence-electron chi connectivity index (χ1n) is 6.51. The highest BCUT2D eigenvalue weighted by atomic mass is 16.5. The van der Waals surface area contributed by atoms with Gasteiger partial charge in [-0.3, -0.25) is 0 Å². The summed E-state index contributed by atoms with van der Waals surface area (Å²) in [5, 5.41) is 8.62. The van der Waals surface area contributed by atoms with Crippen molar-refractivity contribution in [1.29, 1.82) is 5.26 Å². The van der Waals surface area contributed by atoms with Gasteiger partial charge in [-0.25, -0.2) is 0 Å². The summed E-state index contributed by atoms with van der Waals surface area (Å²) in [6, 6.07) is 12.7. The average Bonchev–Trinajstić information content (AvgIpc) is 2.46. The highest BCUT2D eigenvalue weighted by Crippen LogP contribution is 2.35. The first-order valence-corrected chi connectivity index (χ1v) is 6.51. The Labute approximate surface area is 109 Å². The van der Waals surface area contributed by atoms with Crippen molar-refractivity contribution in [3.8, 4) is 6.07 Å². The number of hydrogen-bond donors (Lipinski definition) is 0. The molecule has 0 saturated carbocycles. The molecule has 1 saturated heterocycles. The molecule has 1 heterocycles. The molecule has 0 radical (unpaired) electrons. The quantitative estimate of drug-likeness (QED) is 0.816. The van der Waals surface area contributed by atoms with Crippen LogP contribution in [0.2, 0.25) is 0 Å². The number of ether oxygens (including phenoxy) is 1. The van der Waals surface area contributed by atoms with Crippen LogP contribution in [-0.4, -0.2) is 31.6 Å². The number of rotatable bonds is 4. The third-order valence-corrected chi connectivity index (χ3v) is 3.89. The molecule has 96 valence electrons. The molecule has 0 aromatic heterocycles. The van der Waals surface area contributed by atoms with E-state index < -0.39 is 0 Å². The van der Waals surface area contributed by atoms with Gasteiger partial charge in [0.05, 0.1) is 11.7 Å². The Morgan fingerprint density at radius 3 is 2.50 bits per heavy atom. The lowest BCUT2D eigenvalue weighted by Gasteiger charge is -2.41. The van der Waals surface area contributed by atoms with Crippen LogP contribution >= 0.6 is 0 Å². The number of nitriles is 1. The molecule has 2 rings (SSSR count). The maximum Gasteiger partial charge on any atom is 0.0951 e. The van der Waals surface area contributed by atoms with Gasteiger partial charge in [-0.2, -0.15) is 5.26 Å². The van der Waals surface area contributed by atoms with Crippen molar-refractivity contribution in [2.45, 2.75) is 24.9 Å². The van der Waals surface area contributed by atoms with Gasteiger partial charge in [-0.05, 0) is 18.4 Å². The molecule has 3 nitrogen and oxygen atoms in total. The van der Waals surface area contributed by atoms with E-state index in [4.69, 9.17) is 10.00 Å². The Kier molecular flexibility index (Phi) is 4.35. The van der Waals surface area contributed by atoms with Crippen LogP contribution in [0.25, 0.3) is 0 Å². The molecule has 0 unspecified atom stereocenters. The van der Waals surface area contributed by atoms with Crippen molar-refractivity contribution in [3.05, 3.63) is 35.9 Å². The van der Waals surface area contributed by atoms with Gasteiger partial charge in [-0.1, -0.05) is 30.3 Å². The predicted octanol–water partition coefficient (Wildman–Crippen LogP) is 2.54. The Morgan fingerprint density at radius 2 is 1.94 bits per heavy atom. The molecule has 1 aliphatic heterocycles. The van der Waals surface area contributed by atoms with Crippen LogP contribution < -0.4 is 0 Å². The molecular weight excluding hydrogens is 224 g/mol. The number of methoxy groups -OCH3 is 1. The van der Waals surface area contributed by atoms with Gasteiger partial charge in [0.2, 0.25) is 0 Å². The zero-order chi connectivity index (χ0) is 12.8. The highest BCUT2D eigenvalue weighted by Gasteiger charge is 2.35. The summed E-state index contributed by atoms with van der Waals surface area (Å²) in [6.07, 6.45) is 2.61. The molecule has 18 heavy (non-hydrogen) atoms. The Balaban J connectivity index is 2.03. The third kappa shape index (κ3) is 2.72. The fourth-order valence-corrected chi connectivity index (χ4v) is 2.70. The van der Waals surface area contributed by atoms with E-state index in [9.17, 15) is 0 Å². The monoisotopic (exact) mass is 244 g/mol. The van der Waals surface area contributed by atoms with Crippen molar-refractivity contribution in [3.63, 3.8) is 0 Å². The van der Waals surface area contributed by atoms with Crippen LogP contribution in [0.4, 0.5) is 0 Å². The summed E-state index contributed by atoms with van der Waals surface area (Å²) in [5.41, 5.74) is 1.14. The van der Waals surface area contributed by atoms with Crippen molar-refractivity contribution in [2.75, 3.05) is 26.7 Å². The second-order valence-corrected chi connectivity index (χ2v) is 4.81. The van der Waals surface area contributed by atoms with Crippen LogP contribution in [0.1, 0.15) is 24.8 Å². The number of benzene rings is 1. The molecule has 0 amide bonds. The first kappa shape index (κ1) is 13.1. The molecule has 0 atom stereocenters. The molecule has 0 aliphatic carbocycles. The zero-order valence-corrected chi connectivity index (χ0v) is 10.9. The smallest absolute Gasteiger partial charge is 0.0951 e. The lowest BCUT2D eigenvalue weighted by molar-refractivity contribution is -0.0620. The van der Waals surface area contributed by atoms with E-state index in [1.54, 1.807) is 7.11 Å². The van der Waals surface area contributed by atoms with Crippen molar-refractivity contribution >= 4 is 0 Å². The minimum absolute atomic E-state index is 0.135. The largest absolute Gasteiger partial charge is 0.373 e. The summed E-state index contributed by atoms with van der Waals surface area (Å²) in [6.45, 7) is 2.89. The van der Waals surface area contributed by atoms with E-state index in [0.29, 0.717) is 6.42 Å². The van der Waals surface area contributed by atoms with E-state index in [1.807, 2.05) is 6.07 Å². The van der Waals surface area contributed by atoms with Crippen LogP contribution in [-0.2, 0) is 10.3 Å². The summed E-state index contributed by atoms with van der Waals surface area (Å²) < 4.78 is 5.83. The summed E-state index contributed by atoms with van der Waals surface area (Å²) in [4.78, 5) is 2.35. The average molecular weight is 244 g/mol. The molecule has 0 bridgehead atoms. The van der Waals surface area contributed by atoms with Gasteiger partial charge >= 0.3 is 0 Å². The maximum atomic E-state index is 8.62. The van der Waals surface area contributed by atoms with Crippen LogP contribution in [0.3, 0.4) is 0 Å². The maximum absolute atomic E-state index is 8.62. The van der Waals surface area contributed by atoms with E-state index in [2.05, 4.69) is 35.2 Å². The SMILES string of the molecule is COC1(c2ccccc2)CCN(CCC#N)CC1. The Hall–Kier alpha value is -1.37. The standard InChI is InChI=1S/C15H20N2O/c1-18-15(14-6-3-2-4-7-14)8-12-17(13-9-15)11-5-10-16/h2-4,6-7H,5,8-9,11-13H2,1H3. The molecule has 1 aliphatic rings. The van der Waals surface area contributed by atoms with E-state index in [0.717, 1.165) is 32.5 Å². The minimum Gasteiger partial charge on any atom is -0.373 e. The van der Waals surface area contributed by atoms with Crippen LogP contribution in [0.15, 0.2) is 30.3 Å². The molecule has 1 aromatic carbocycles. The number of piperidine rings is 1. The fourth-order valence-electron chi connectivity index (χ4n) is 2.70. The molecule has 1 aromatic rings. The topological polar surface area (TPSA) is 36.3 Å². The lowest BCUT2D eigenvalue weighted by atomic mass is 9.84. The summed E-state index contributed by atoms with van der Waals surface area (Å²) in [5.74, 6) is 0. The number of hydrogen-bond acceptors (Lipinski definition) is 3. The number of nitrogens with zero attached hydrogens (tertiary/aromatic N) is 2. The van der Waals surface area contributed by atoms with Crippen molar-refractivity contribution in [1.82, 2.24) is 4.90 Å². The van der Waals surface area contributed by atoms with Gasteiger partial charge in [0.1, 0.15) is 0 Å². The van der Waals surface area contributed by atoms with Gasteiger partial charge in [0, 0.05) is 33.2 Å². The fraction of sp³-hybridized carbons (Fsp3) is 0.533. The molecule has 0 spiro atoms. The van der Waals surface area contributed by atoms with Crippen LogP contribution in [0, 0.1) is 11.3 Å². The van der Waals surface area contributed by atoms with E-state index in [1.165, 1.54) is 5.56 Å². The first-order chi connectivity index (χ1) is 8.80. The molecule has 3 heteroatoms. The second-order valence-electron chi connectivity index (χ2n) is 4.81. The van der Waals surface area contributed by atoms with E-state index in [-0.39, 0.29) is 5.60 Å². The molecule has 1 fully saturated rings. The Morgan fingerprint density at radius 1 is 1.28 bits per heavy atom. The van der Waals surface area contributed by atoms with Gasteiger partial charge in [0.15, 0.2) is 0 Å². The minimum atomic E-state index is -0.135. The zero-order valence-electron chi connectivity index (χ0n) is 10.9. The molecular formula is C15H20N2O. The van der Waals surface area contributed by atoms with Crippen molar-refractivity contribution < 1.29 is 4.74 Å². The van der Waals surface area contributed by atoms with Crippen molar-refractivity contribution in [2.24, 2.45) is 0 Å². The lowest BCUT2D eigenvalue weighted by Crippen LogP contribution is -2.43. The van der Waals surface area contributed by atoms with Gasteiger partial charge in [-0.15, -0.1) is 0 Å². The summed E-state index contributed by atoms with van der Waals surface area (Å²) >= 11 is 0. The second kappa shape index (κ2) is 5.99. The number of likely N-dealkylation sites (tertiary alicyclic amines) is 1. The highest BCUT2D eigenvalue weighted by molar-refractivity contribution is 5.23. The van der Waals surface area contributed by atoms with E-state index >= 15 is 0 Å². The Bertz CT molecular complexity index is 402. The molecule has 0 N–H and O–H groups in total. The normalized spacial score (nSPS) is 19.3. The third-order valence-electron chi connectivity index (χ3n) is 3.89. The van der Waals surface area contributed by atoms with Crippen LogP contribution in [0.5, 0.6) is 0 Å². The van der Waals surface area contributed by atoms with Gasteiger partial charge in [0.25, 0.3) is 0 Å². The van der Waals surface area contributed by atoms with Gasteiger partial charge < -0.3 is 9.64 Å². The predicted molar refractivity (Wildman–Crippen MR) is 71.0 cm³/mol. The summed E-state index contributed by atoms with van der Waals surface area (Å²) in [7, 11) is 1.80.